The Hall–Kier alpha value is -3.36. The van der Waals surface area contributed by atoms with Gasteiger partial charge in [-0.2, -0.15) is 8.78 Å². The lowest BCUT2D eigenvalue weighted by molar-refractivity contribution is -0.191. The van der Waals surface area contributed by atoms with E-state index in [1.165, 1.54) is 0 Å². The molecule has 41 heavy (non-hydrogen) atoms. The first-order valence-corrected chi connectivity index (χ1v) is 14.6. The van der Waals surface area contributed by atoms with Crippen molar-refractivity contribution in [1.82, 2.24) is 19.5 Å². The first kappa shape index (κ1) is 29.1. The summed E-state index contributed by atoms with van der Waals surface area (Å²) in [4.78, 5) is 11.5. The minimum Gasteiger partial charge on any atom is -0.416 e. The van der Waals surface area contributed by atoms with E-state index in [9.17, 15) is 13.9 Å². The maximum Gasteiger partial charge on any atom is 0.435 e. The number of hydrogen-bond donors (Lipinski definition) is 2. The molecular formula is C25H24F4N5O5PS. The van der Waals surface area contributed by atoms with Crippen LogP contribution >= 0.6 is 6.72 Å². The van der Waals surface area contributed by atoms with E-state index in [-0.39, 0.29) is 28.5 Å². The second kappa shape index (κ2) is 10.8. The van der Waals surface area contributed by atoms with Crippen molar-refractivity contribution in [2.24, 2.45) is 0 Å². The van der Waals surface area contributed by atoms with Crippen molar-refractivity contribution in [3.05, 3.63) is 72.3 Å². The van der Waals surface area contributed by atoms with Crippen LogP contribution in [0.25, 0.3) is 11.2 Å². The summed E-state index contributed by atoms with van der Waals surface area (Å²) in [5.41, 5.74) is 4.01. The molecule has 1 aliphatic heterocycles. The monoisotopic (exact) mass is 613 g/mol. The van der Waals surface area contributed by atoms with Crippen LogP contribution in [0.15, 0.2) is 61.2 Å². The Morgan fingerprint density at radius 3 is 2.12 bits per heavy atom. The molecule has 1 saturated heterocycles. The molecule has 0 radical (unpaired) electrons. The number of fused-ring (bicyclic) bond motifs is 1. The zero-order chi connectivity index (χ0) is 29.6. The summed E-state index contributed by atoms with van der Waals surface area (Å²) in [6.07, 6.45) is -7.29. The Morgan fingerprint density at radius 2 is 1.59 bits per heavy atom. The molecule has 0 bridgehead atoms. The van der Waals surface area contributed by atoms with Crippen LogP contribution < -0.4 is 14.8 Å². The lowest BCUT2D eigenvalue weighted by Crippen LogP contribution is -2.54. The predicted molar refractivity (Wildman–Crippen MR) is 143 cm³/mol. The Balaban J connectivity index is 1.48. The van der Waals surface area contributed by atoms with Gasteiger partial charge in [0.2, 0.25) is 6.23 Å². The number of nitrogens with zero attached hydrogens (tertiary/aromatic N) is 4. The average molecular weight is 614 g/mol. The molecule has 218 valence electrons. The van der Waals surface area contributed by atoms with Crippen molar-refractivity contribution in [2.45, 2.75) is 44.1 Å². The van der Waals surface area contributed by atoms with Crippen LogP contribution in [0.1, 0.15) is 17.4 Å². The van der Waals surface area contributed by atoms with E-state index >= 15 is 8.78 Å². The van der Waals surface area contributed by atoms with Crippen LogP contribution in [0.3, 0.4) is 0 Å². The average Bonchev–Trinajstić information content (AvgIpc) is 3.44. The van der Waals surface area contributed by atoms with E-state index in [0.29, 0.717) is 4.57 Å². The van der Waals surface area contributed by atoms with Gasteiger partial charge in [0.15, 0.2) is 23.2 Å². The SMILES string of the molecule is Cc1ccc(OP(=S)(OC[C@@]2(C(F)F)O[C@@H](n3cnc4c(N)ncnc43)C(F)(F)[C@@H]2O)Oc2ccc(C)cc2)cc1. The number of aliphatic hydroxyl groups excluding tert-OH is 1. The highest BCUT2D eigenvalue weighted by Crippen LogP contribution is 2.55. The molecule has 2 aromatic carbocycles. The Kier molecular flexibility index (Phi) is 7.68. The van der Waals surface area contributed by atoms with Crippen LogP contribution in [0.2, 0.25) is 0 Å². The largest absolute Gasteiger partial charge is 0.435 e. The third-order valence-electron chi connectivity index (χ3n) is 6.42. The number of nitrogen functional groups attached to an aromatic ring is 1. The molecule has 1 fully saturated rings. The number of ether oxygens (including phenoxy) is 1. The topological polar surface area (TPSA) is 127 Å². The van der Waals surface area contributed by atoms with Gasteiger partial charge in [0.25, 0.3) is 6.43 Å². The molecule has 0 amide bonds. The number of imidazole rings is 1. The van der Waals surface area contributed by atoms with Gasteiger partial charge in [-0.3, -0.25) is 9.09 Å². The van der Waals surface area contributed by atoms with Gasteiger partial charge >= 0.3 is 12.6 Å². The van der Waals surface area contributed by atoms with Crippen LogP contribution in [0.4, 0.5) is 23.4 Å². The van der Waals surface area contributed by atoms with E-state index in [0.717, 1.165) is 23.8 Å². The summed E-state index contributed by atoms with van der Waals surface area (Å²) in [5, 5.41) is 10.6. The molecule has 1 aliphatic rings. The third kappa shape index (κ3) is 5.47. The maximum atomic E-state index is 15.5. The van der Waals surface area contributed by atoms with Crippen LogP contribution in [0, 0.1) is 13.8 Å². The van der Waals surface area contributed by atoms with Crippen molar-refractivity contribution in [3.8, 4) is 11.5 Å². The summed E-state index contributed by atoms with van der Waals surface area (Å²) in [6, 6.07) is 13.1. The number of nitrogens with two attached hydrogens (primary N) is 1. The molecule has 2 aromatic heterocycles. The minimum atomic E-state index is -4.26. The van der Waals surface area contributed by atoms with Gasteiger partial charge in [-0.05, 0) is 38.1 Å². The summed E-state index contributed by atoms with van der Waals surface area (Å²) in [5.74, 6) is -4.00. The second-order valence-electron chi connectivity index (χ2n) is 9.42. The zero-order valence-electron chi connectivity index (χ0n) is 21.5. The lowest BCUT2D eigenvalue weighted by Gasteiger charge is -2.32. The molecule has 0 spiro atoms. The lowest BCUT2D eigenvalue weighted by atomic mass is 9.96. The molecule has 10 nitrogen and oxygen atoms in total. The van der Waals surface area contributed by atoms with E-state index in [4.69, 9.17) is 35.8 Å². The highest BCUT2D eigenvalue weighted by molar-refractivity contribution is 8.07. The third-order valence-corrected chi connectivity index (χ3v) is 8.50. The van der Waals surface area contributed by atoms with Crippen molar-refractivity contribution in [1.29, 1.82) is 0 Å². The van der Waals surface area contributed by atoms with Gasteiger partial charge < -0.3 is 24.6 Å². The highest BCUT2D eigenvalue weighted by atomic mass is 32.5. The first-order valence-electron chi connectivity index (χ1n) is 12.1. The fourth-order valence-electron chi connectivity index (χ4n) is 4.15. The van der Waals surface area contributed by atoms with Gasteiger partial charge in [0, 0.05) is 11.8 Å². The van der Waals surface area contributed by atoms with Crippen LogP contribution in [-0.4, -0.2) is 55.3 Å². The normalized spacial score (nSPS) is 22.3. The predicted octanol–water partition coefficient (Wildman–Crippen LogP) is 4.95. The zero-order valence-corrected chi connectivity index (χ0v) is 23.2. The number of aryl methyl sites for hydroxylation is 2. The van der Waals surface area contributed by atoms with E-state index < -0.39 is 43.6 Å². The standard InChI is InChI=1S/C25H24F4N5O5PS/c1-14-3-7-16(8-4-14)38-40(41,39-17-9-5-15(2)6-10-17)36-11-24(22(26)27)21(35)25(28,29)23(37-24)34-13-33-18-19(30)31-12-32-20(18)34/h3-10,12-13,21-23,35H,11H2,1-2H3,(H2,30,31,32)/t21-,23-,24-/m1/s1. The number of halogens is 4. The summed E-state index contributed by atoms with van der Waals surface area (Å²) < 4.78 is 83.4. The molecule has 0 unspecified atom stereocenters. The Labute approximate surface area is 236 Å². The summed E-state index contributed by atoms with van der Waals surface area (Å²) >= 11 is 5.51. The molecular weight excluding hydrogens is 589 g/mol. The molecule has 3 N–H and O–H groups in total. The number of hydrogen-bond acceptors (Lipinski definition) is 10. The molecule has 0 aliphatic carbocycles. The van der Waals surface area contributed by atoms with Gasteiger partial charge in [0.05, 0.1) is 12.9 Å². The van der Waals surface area contributed by atoms with Crippen molar-refractivity contribution in [3.63, 3.8) is 0 Å². The van der Waals surface area contributed by atoms with Gasteiger partial charge in [-0.1, -0.05) is 35.4 Å². The molecule has 0 saturated carbocycles. The van der Waals surface area contributed by atoms with E-state index in [2.05, 4.69) is 15.0 Å². The number of anilines is 1. The van der Waals surface area contributed by atoms with Crippen molar-refractivity contribution >= 4 is 35.5 Å². The van der Waals surface area contributed by atoms with Gasteiger partial charge in [0.1, 0.15) is 23.3 Å². The fraction of sp³-hybridized carbons (Fsp3) is 0.320. The number of alkyl halides is 4. The first-order chi connectivity index (χ1) is 19.3. The highest BCUT2D eigenvalue weighted by Gasteiger charge is 2.71. The van der Waals surface area contributed by atoms with Gasteiger partial charge in [-0.25, -0.2) is 23.7 Å². The van der Waals surface area contributed by atoms with E-state index in [1.807, 2.05) is 13.8 Å². The number of benzene rings is 2. The van der Waals surface area contributed by atoms with E-state index in [1.54, 1.807) is 48.5 Å². The van der Waals surface area contributed by atoms with Gasteiger partial charge in [-0.15, -0.1) is 0 Å². The quantitative estimate of drug-likeness (QED) is 0.198. The second-order valence-corrected chi connectivity index (χ2v) is 12.3. The van der Waals surface area contributed by atoms with Crippen molar-refractivity contribution < 1.29 is 41.0 Å². The fourth-order valence-corrected chi connectivity index (χ4v) is 6.09. The molecule has 16 heteroatoms. The van der Waals surface area contributed by atoms with Crippen LogP contribution in [0.5, 0.6) is 11.5 Å². The Bertz CT molecular complexity index is 1540. The number of aliphatic hydroxyl groups is 1. The molecule has 5 rings (SSSR count). The summed E-state index contributed by atoms with van der Waals surface area (Å²) in [7, 11) is 0. The smallest absolute Gasteiger partial charge is 0.416 e. The minimum absolute atomic E-state index is 0.0549. The Morgan fingerprint density at radius 1 is 1.02 bits per heavy atom. The molecule has 4 aromatic rings. The molecule has 3 heterocycles. The maximum absolute atomic E-state index is 15.5. The molecule has 3 atom stereocenters. The number of aromatic nitrogens is 4. The van der Waals surface area contributed by atoms with Crippen molar-refractivity contribution in [2.75, 3.05) is 12.3 Å². The number of rotatable bonds is 9. The van der Waals surface area contributed by atoms with Crippen LogP contribution in [-0.2, 0) is 21.1 Å². The summed E-state index contributed by atoms with van der Waals surface area (Å²) in [6.45, 7) is -1.65.